The van der Waals surface area contributed by atoms with Gasteiger partial charge in [-0.3, -0.25) is 4.79 Å². The molecule has 0 saturated heterocycles. The molecule has 0 aromatic heterocycles. The Bertz CT molecular complexity index is 184. The van der Waals surface area contributed by atoms with E-state index in [9.17, 15) is 4.79 Å². The number of rotatable bonds is 1. The van der Waals surface area contributed by atoms with Crippen molar-refractivity contribution in [2.75, 3.05) is 6.61 Å². The SMILES string of the molecule is CC(=O)NC1=C(C)OCC1. The largest absolute Gasteiger partial charge is 0.496 e. The van der Waals surface area contributed by atoms with Gasteiger partial charge in [-0.05, 0) is 6.92 Å². The smallest absolute Gasteiger partial charge is 0.221 e. The van der Waals surface area contributed by atoms with Crippen LogP contribution in [0.15, 0.2) is 11.5 Å². The predicted octanol–water partition coefficient (Wildman–Crippen LogP) is 0.774. The van der Waals surface area contributed by atoms with Crippen molar-refractivity contribution in [2.45, 2.75) is 20.3 Å². The summed E-state index contributed by atoms with van der Waals surface area (Å²) in [7, 11) is 0. The molecule has 0 saturated carbocycles. The number of nitrogens with one attached hydrogen (secondary N) is 1. The highest BCUT2D eigenvalue weighted by molar-refractivity contribution is 5.75. The molecule has 0 aromatic carbocycles. The molecular formula is C7H11NO2. The van der Waals surface area contributed by atoms with Crippen LogP contribution in [-0.2, 0) is 9.53 Å². The first-order valence-corrected chi connectivity index (χ1v) is 3.30. The molecule has 0 fully saturated rings. The number of hydrogen-bond acceptors (Lipinski definition) is 2. The molecule has 0 bridgehead atoms. The molecule has 1 N–H and O–H groups in total. The number of ether oxygens (including phenoxy) is 1. The Morgan fingerprint density at radius 2 is 2.40 bits per heavy atom. The Hall–Kier alpha value is -0.990. The minimum Gasteiger partial charge on any atom is -0.496 e. The number of amides is 1. The Labute approximate surface area is 60.1 Å². The van der Waals surface area contributed by atoms with E-state index in [4.69, 9.17) is 4.74 Å². The standard InChI is InChI=1S/C7H11NO2/c1-5-7(3-4-10-5)8-6(2)9/h3-4H2,1-2H3,(H,8,9). The third-order valence-electron chi connectivity index (χ3n) is 1.42. The normalized spacial score (nSPS) is 17.0. The van der Waals surface area contributed by atoms with E-state index in [1.54, 1.807) is 0 Å². The van der Waals surface area contributed by atoms with Gasteiger partial charge in [0, 0.05) is 13.3 Å². The van der Waals surface area contributed by atoms with Crippen LogP contribution in [0.5, 0.6) is 0 Å². The average Bonchev–Trinajstić information content (AvgIpc) is 2.15. The lowest BCUT2D eigenvalue weighted by Crippen LogP contribution is -2.18. The summed E-state index contributed by atoms with van der Waals surface area (Å²) in [5.74, 6) is 0.815. The van der Waals surface area contributed by atoms with Gasteiger partial charge < -0.3 is 10.1 Å². The molecule has 1 heterocycles. The summed E-state index contributed by atoms with van der Waals surface area (Å²) in [6, 6.07) is 0. The van der Waals surface area contributed by atoms with Gasteiger partial charge in [0.1, 0.15) is 5.76 Å². The van der Waals surface area contributed by atoms with E-state index in [0.29, 0.717) is 6.61 Å². The maximum atomic E-state index is 10.5. The first kappa shape index (κ1) is 7.12. The first-order chi connectivity index (χ1) is 4.70. The summed E-state index contributed by atoms with van der Waals surface area (Å²) in [4.78, 5) is 10.5. The van der Waals surface area contributed by atoms with Gasteiger partial charge in [0.15, 0.2) is 0 Å². The van der Waals surface area contributed by atoms with Gasteiger partial charge in [-0.25, -0.2) is 0 Å². The van der Waals surface area contributed by atoms with Gasteiger partial charge in [-0.1, -0.05) is 0 Å². The van der Waals surface area contributed by atoms with Crippen LogP contribution in [0, 0.1) is 0 Å². The van der Waals surface area contributed by atoms with E-state index in [2.05, 4.69) is 5.32 Å². The zero-order valence-corrected chi connectivity index (χ0v) is 6.23. The lowest BCUT2D eigenvalue weighted by Gasteiger charge is -2.00. The van der Waals surface area contributed by atoms with Crippen LogP contribution in [0.25, 0.3) is 0 Å². The molecule has 10 heavy (non-hydrogen) atoms. The molecule has 1 rings (SSSR count). The van der Waals surface area contributed by atoms with Crippen molar-refractivity contribution in [3.63, 3.8) is 0 Å². The molecule has 1 amide bonds. The summed E-state index contributed by atoms with van der Waals surface area (Å²) in [6.07, 6.45) is 0.825. The number of hydrogen-bond donors (Lipinski definition) is 1. The number of carbonyl (C=O) groups is 1. The summed E-state index contributed by atoms with van der Waals surface area (Å²) < 4.78 is 5.13. The lowest BCUT2D eigenvalue weighted by molar-refractivity contribution is -0.118. The van der Waals surface area contributed by atoms with Gasteiger partial charge in [-0.15, -0.1) is 0 Å². The van der Waals surface area contributed by atoms with Crippen molar-refractivity contribution in [2.24, 2.45) is 0 Å². The van der Waals surface area contributed by atoms with Gasteiger partial charge in [-0.2, -0.15) is 0 Å². The minimum absolute atomic E-state index is 0.0279. The van der Waals surface area contributed by atoms with Crippen LogP contribution in [0.4, 0.5) is 0 Å². The minimum atomic E-state index is -0.0279. The molecule has 56 valence electrons. The number of carbonyl (C=O) groups excluding carboxylic acids is 1. The topological polar surface area (TPSA) is 38.3 Å². The van der Waals surface area contributed by atoms with E-state index < -0.39 is 0 Å². The van der Waals surface area contributed by atoms with E-state index in [1.165, 1.54) is 6.92 Å². The van der Waals surface area contributed by atoms with E-state index in [-0.39, 0.29) is 5.91 Å². The van der Waals surface area contributed by atoms with Gasteiger partial charge in [0.05, 0.1) is 12.3 Å². The van der Waals surface area contributed by atoms with Crippen LogP contribution in [0.3, 0.4) is 0 Å². The molecule has 0 aromatic rings. The predicted molar refractivity (Wildman–Crippen MR) is 37.1 cm³/mol. The zero-order valence-electron chi connectivity index (χ0n) is 6.23. The second-order valence-electron chi connectivity index (χ2n) is 2.31. The summed E-state index contributed by atoms with van der Waals surface area (Å²) >= 11 is 0. The molecule has 1 aliphatic rings. The summed E-state index contributed by atoms with van der Waals surface area (Å²) in [5, 5.41) is 2.71. The second-order valence-corrected chi connectivity index (χ2v) is 2.31. The fourth-order valence-corrected chi connectivity index (χ4v) is 0.932. The van der Waals surface area contributed by atoms with Crippen molar-refractivity contribution >= 4 is 5.91 Å². The fourth-order valence-electron chi connectivity index (χ4n) is 0.932. The molecule has 0 spiro atoms. The third kappa shape index (κ3) is 1.50. The third-order valence-corrected chi connectivity index (χ3v) is 1.42. The molecule has 0 atom stereocenters. The molecule has 1 aliphatic heterocycles. The molecule has 0 aliphatic carbocycles. The lowest BCUT2D eigenvalue weighted by atomic mass is 10.3. The van der Waals surface area contributed by atoms with E-state index in [1.807, 2.05) is 6.92 Å². The fraction of sp³-hybridized carbons (Fsp3) is 0.571. The molecule has 3 nitrogen and oxygen atoms in total. The summed E-state index contributed by atoms with van der Waals surface area (Å²) in [5.41, 5.74) is 0.924. The maximum absolute atomic E-state index is 10.5. The van der Waals surface area contributed by atoms with Crippen LogP contribution in [0.2, 0.25) is 0 Å². The maximum Gasteiger partial charge on any atom is 0.221 e. The monoisotopic (exact) mass is 141 g/mol. The molecule has 0 radical (unpaired) electrons. The summed E-state index contributed by atoms with van der Waals surface area (Å²) in [6.45, 7) is 4.05. The van der Waals surface area contributed by atoms with Crippen LogP contribution >= 0.6 is 0 Å². The zero-order chi connectivity index (χ0) is 7.56. The van der Waals surface area contributed by atoms with Crippen LogP contribution < -0.4 is 5.32 Å². The van der Waals surface area contributed by atoms with Gasteiger partial charge >= 0.3 is 0 Å². The Balaban J connectivity index is 2.54. The van der Waals surface area contributed by atoms with Crippen molar-refractivity contribution in [3.8, 4) is 0 Å². The van der Waals surface area contributed by atoms with Crippen molar-refractivity contribution in [1.29, 1.82) is 0 Å². The average molecular weight is 141 g/mol. The van der Waals surface area contributed by atoms with Crippen molar-refractivity contribution in [3.05, 3.63) is 11.5 Å². The van der Waals surface area contributed by atoms with Crippen molar-refractivity contribution < 1.29 is 9.53 Å². The van der Waals surface area contributed by atoms with Crippen molar-refractivity contribution in [1.82, 2.24) is 5.32 Å². The second kappa shape index (κ2) is 2.73. The quantitative estimate of drug-likeness (QED) is 0.585. The highest BCUT2D eigenvalue weighted by atomic mass is 16.5. The van der Waals surface area contributed by atoms with Crippen LogP contribution in [0.1, 0.15) is 20.3 Å². The van der Waals surface area contributed by atoms with E-state index in [0.717, 1.165) is 17.9 Å². The van der Waals surface area contributed by atoms with E-state index >= 15 is 0 Å². The highest BCUT2D eigenvalue weighted by Crippen LogP contribution is 2.14. The highest BCUT2D eigenvalue weighted by Gasteiger charge is 2.11. The van der Waals surface area contributed by atoms with Gasteiger partial charge in [0.25, 0.3) is 0 Å². The number of allylic oxidation sites excluding steroid dienone is 1. The molecule has 3 heteroatoms. The van der Waals surface area contributed by atoms with Crippen LogP contribution in [-0.4, -0.2) is 12.5 Å². The molecular weight excluding hydrogens is 130 g/mol. The van der Waals surface area contributed by atoms with Gasteiger partial charge in [0.2, 0.25) is 5.91 Å². The Morgan fingerprint density at radius 3 is 2.80 bits per heavy atom. The Morgan fingerprint density at radius 1 is 1.70 bits per heavy atom. The molecule has 0 unspecified atom stereocenters. The first-order valence-electron chi connectivity index (χ1n) is 3.30. The Kier molecular flexibility index (Phi) is 1.94.